The Hall–Kier alpha value is -1.81. The third kappa shape index (κ3) is 2.31. The van der Waals surface area contributed by atoms with Crippen molar-refractivity contribution in [2.24, 2.45) is 5.41 Å². The molecule has 0 N–H and O–H groups in total. The highest BCUT2D eigenvalue weighted by molar-refractivity contribution is 5.78. The third-order valence-corrected chi connectivity index (χ3v) is 5.19. The van der Waals surface area contributed by atoms with Crippen LogP contribution >= 0.6 is 0 Å². The Labute approximate surface area is 129 Å². The number of aryl methyl sites for hydroxylation is 1. The van der Waals surface area contributed by atoms with Crippen LogP contribution in [-0.4, -0.2) is 26.3 Å². The third-order valence-electron chi connectivity index (χ3n) is 5.19. The van der Waals surface area contributed by atoms with Crippen LogP contribution in [0.5, 0.6) is 0 Å². The summed E-state index contributed by atoms with van der Waals surface area (Å²) in [5.74, 6) is 0.704. The van der Waals surface area contributed by atoms with E-state index in [-0.39, 0.29) is 5.43 Å². The molecule has 2 aliphatic rings. The fourth-order valence-corrected chi connectivity index (χ4v) is 3.66. The molecular weight excluding hydrogens is 278 g/mol. The summed E-state index contributed by atoms with van der Waals surface area (Å²) in [6.45, 7) is 5.64. The van der Waals surface area contributed by atoms with Gasteiger partial charge in [-0.1, -0.05) is 11.6 Å². The van der Waals surface area contributed by atoms with Gasteiger partial charge in [-0.05, 0) is 43.7 Å². The van der Waals surface area contributed by atoms with Crippen LogP contribution in [0, 0.1) is 12.3 Å². The van der Waals surface area contributed by atoms with Gasteiger partial charge >= 0.3 is 0 Å². The maximum Gasteiger partial charge on any atom is 0.199 e. The largest absolute Gasteiger partial charge is 0.440 e. The number of piperidine rings is 1. The van der Waals surface area contributed by atoms with Gasteiger partial charge in [-0.25, -0.2) is 0 Å². The van der Waals surface area contributed by atoms with Crippen molar-refractivity contribution < 1.29 is 9.15 Å². The maximum atomic E-state index is 12.3. The average Bonchev–Trinajstić information content (AvgIpc) is 2.97. The molecule has 3 heterocycles. The summed E-state index contributed by atoms with van der Waals surface area (Å²) >= 11 is 0. The molecule has 2 fully saturated rings. The van der Waals surface area contributed by atoms with E-state index in [9.17, 15) is 4.79 Å². The van der Waals surface area contributed by atoms with E-state index in [1.54, 1.807) is 6.07 Å². The predicted octanol–water partition coefficient (Wildman–Crippen LogP) is 3.11. The van der Waals surface area contributed by atoms with Gasteiger partial charge in [0.25, 0.3) is 0 Å². The van der Waals surface area contributed by atoms with Gasteiger partial charge in [-0.15, -0.1) is 0 Å². The molecule has 2 aromatic rings. The molecule has 4 heteroatoms. The SMILES string of the molecule is Cc1ccc2oc(N3CCC4(CCOC4)CC3)cc(=O)c2c1. The number of hydrogen-bond donors (Lipinski definition) is 0. The second-order valence-electron chi connectivity index (χ2n) is 6.74. The summed E-state index contributed by atoms with van der Waals surface area (Å²) in [6.07, 6.45) is 3.40. The molecule has 2 aliphatic heterocycles. The minimum Gasteiger partial charge on any atom is -0.440 e. The van der Waals surface area contributed by atoms with Crippen LogP contribution in [0.1, 0.15) is 24.8 Å². The molecule has 0 amide bonds. The van der Waals surface area contributed by atoms with E-state index in [0.717, 1.165) is 44.7 Å². The van der Waals surface area contributed by atoms with Crippen LogP contribution < -0.4 is 10.3 Å². The summed E-state index contributed by atoms with van der Waals surface area (Å²) in [7, 11) is 0. The highest BCUT2D eigenvalue weighted by Gasteiger charge is 2.38. The predicted molar refractivity (Wildman–Crippen MR) is 86.5 cm³/mol. The number of anilines is 1. The number of fused-ring (bicyclic) bond motifs is 1. The van der Waals surface area contributed by atoms with E-state index < -0.39 is 0 Å². The first kappa shape index (κ1) is 13.8. The van der Waals surface area contributed by atoms with Gasteiger partial charge in [0.2, 0.25) is 0 Å². The molecule has 0 atom stereocenters. The molecule has 4 nitrogen and oxygen atoms in total. The molecular formula is C18H21NO3. The maximum absolute atomic E-state index is 12.3. The average molecular weight is 299 g/mol. The molecule has 0 bridgehead atoms. The summed E-state index contributed by atoms with van der Waals surface area (Å²) in [6, 6.07) is 7.42. The van der Waals surface area contributed by atoms with E-state index in [1.165, 1.54) is 6.42 Å². The van der Waals surface area contributed by atoms with Crippen molar-refractivity contribution in [3.8, 4) is 0 Å². The zero-order valence-electron chi connectivity index (χ0n) is 12.9. The van der Waals surface area contributed by atoms with Gasteiger partial charge in [0.15, 0.2) is 11.3 Å². The van der Waals surface area contributed by atoms with Crippen LogP contribution in [0.25, 0.3) is 11.0 Å². The molecule has 0 saturated carbocycles. The lowest BCUT2D eigenvalue weighted by atomic mass is 9.78. The summed E-state index contributed by atoms with van der Waals surface area (Å²) in [4.78, 5) is 14.5. The minimum absolute atomic E-state index is 0.0458. The van der Waals surface area contributed by atoms with Crippen molar-refractivity contribution in [3.63, 3.8) is 0 Å². The van der Waals surface area contributed by atoms with Crippen LogP contribution in [0.15, 0.2) is 33.5 Å². The van der Waals surface area contributed by atoms with Gasteiger partial charge in [0, 0.05) is 25.8 Å². The fraction of sp³-hybridized carbons (Fsp3) is 0.500. The Morgan fingerprint density at radius 2 is 1.95 bits per heavy atom. The quantitative estimate of drug-likeness (QED) is 0.811. The molecule has 0 unspecified atom stereocenters. The Morgan fingerprint density at radius 1 is 1.14 bits per heavy atom. The lowest BCUT2D eigenvalue weighted by Gasteiger charge is -2.38. The van der Waals surface area contributed by atoms with Gasteiger partial charge < -0.3 is 14.1 Å². The molecule has 116 valence electrons. The second-order valence-corrected chi connectivity index (χ2v) is 6.74. The van der Waals surface area contributed by atoms with E-state index >= 15 is 0 Å². The van der Waals surface area contributed by atoms with E-state index in [0.29, 0.717) is 22.3 Å². The molecule has 1 spiro atoms. The lowest BCUT2D eigenvalue weighted by Crippen LogP contribution is -2.40. The monoisotopic (exact) mass is 299 g/mol. The number of nitrogens with zero attached hydrogens (tertiary/aromatic N) is 1. The van der Waals surface area contributed by atoms with Crippen molar-refractivity contribution in [1.29, 1.82) is 0 Å². The first-order valence-corrected chi connectivity index (χ1v) is 8.03. The normalized spacial score (nSPS) is 20.9. The number of hydrogen-bond acceptors (Lipinski definition) is 4. The van der Waals surface area contributed by atoms with Crippen LogP contribution in [-0.2, 0) is 4.74 Å². The van der Waals surface area contributed by atoms with Crippen LogP contribution in [0.3, 0.4) is 0 Å². The first-order chi connectivity index (χ1) is 10.7. The van der Waals surface area contributed by atoms with Crippen LogP contribution in [0.2, 0.25) is 0 Å². The molecule has 2 saturated heterocycles. The van der Waals surface area contributed by atoms with Gasteiger partial charge in [0.05, 0.1) is 12.0 Å². The molecule has 0 radical (unpaired) electrons. The Bertz CT molecular complexity index is 749. The summed E-state index contributed by atoms with van der Waals surface area (Å²) in [5, 5.41) is 0.668. The Kier molecular flexibility index (Phi) is 3.22. The zero-order valence-corrected chi connectivity index (χ0v) is 12.9. The van der Waals surface area contributed by atoms with Gasteiger partial charge in [-0.3, -0.25) is 4.79 Å². The Morgan fingerprint density at radius 3 is 2.68 bits per heavy atom. The van der Waals surface area contributed by atoms with Gasteiger partial charge in [0.1, 0.15) is 5.58 Å². The van der Waals surface area contributed by atoms with Crippen molar-refractivity contribution in [2.75, 3.05) is 31.2 Å². The molecule has 22 heavy (non-hydrogen) atoms. The molecule has 0 aliphatic carbocycles. The Balaban J connectivity index is 1.62. The summed E-state index contributed by atoms with van der Waals surface area (Å²) < 4.78 is 11.6. The van der Waals surface area contributed by atoms with E-state index in [4.69, 9.17) is 9.15 Å². The molecule has 1 aromatic carbocycles. The van der Waals surface area contributed by atoms with Crippen LogP contribution in [0.4, 0.5) is 5.88 Å². The number of rotatable bonds is 1. The molecule has 4 rings (SSSR count). The van der Waals surface area contributed by atoms with Crippen molar-refractivity contribution in [1.82, 2.24) is 0 Å². The van der Waals surface area contributed by atoms with Crippen molar-refractivity contribution in [3.05, 3.63) is 40.1 Å². The highest BCUT2D eigenvalue weighted by atomic mass is 16.5. The van der Waals surface area contributed by atoms with Crippen molar-refractivity contribution in [2.45, 2.75) is 26.2 Å². The summed E-state index contributed by atoms with van der Waals surface area (Å²) in [5.41, 5.74) is 2.17. The fourth-order valence-electron chi connectivity index (χ4n) is 3.66. The zero-order chi connectivity index (χ0) is 15.2. The smallest absolute Gasteiger partial charge is 0.199 e. The standard InChI is InChI=1S/C18H21NO3/c1-13-2-3-16-14(10-13)15(20)11-17(22-16)19-7-4-18(5-8-19)6-9-21-12-18/h2-3,10-11H,4-9,12H2,1H3. The molecule has 1 aromatic heterocycles. The highest BCUT2D eigenvalue weighted by Crippen LogP contribution is 2.40. The first-order valence-electron chi connectivity index (χ1n) is 8.03. The minimum atomic E-state index is 0.0458. The second kappa shape index (κ2) is 5.13. The van der Waals surface area contributed by atoms with E-state index in [1.807, 2.05) is 25.1 Å². The lowest BCUT2D eigenvalue weighted by molar-refractivity contribution is 0.133. The topological polar surface area (TPSA) is 42.7 Å². The van der Waals surface area contributed by atoms with Gasteiger partial charge in [-0.2, -0.15) is 0 Å². The number of benzene rings is 1. The van der Waals surface area contributed by atoms with Crippen molar-refractivity contribution >= 4 is 16.9 Å². The van der Waals surface area contributed by atoms with E-state index in [2.05, 4.69) is 4.90 Å². The number of ether oxygens (including phenoxy) is 1.